The number of anilines is 1. The minimum atomic E-state index is -0.534. The Kier molecular flexibility index (Phi) is 7.54. The molecule has 0 aromatic heterocycles. The summed E-state index contributed by atoms with van der Waals surface area (Å²) in [5, 5.41) is 15.4. The summed E-state index contributed by atoms with van der Waals surface area (Å²) in [5.74, 6) is -0.0511. The largest absolute Gasteiger partial charge is 0.486 e. The van der Waals surface area contributed by atoms with E-state index in [9.17, 15) is 10.1 Å². The van der Waals surface area contributed by atoms with Crippen LogP contribution in [0.4, 0.5) is 5.69 Å². The Balaban J connectivity index is 1.50. The zero-order valence-corrected chi connectivity index (χ0v) is 20.8. The molecule has 1 amide bonds. The molecule has 4 nitrogen and oxygen atoms in total. The van der Waals surface area contributed by atoms with Crippen LogP contribution in [0.15, 0.2) is 88.9 Å². The summed E-state index contributed by atoms with van der Waals surface area (Å²) in [4.78, 5) is 12.5. The minimum Gasteiger partial charge on any atom is -0.486 e. The van der Waals surface area contributed by atoms with Crippen LogP contribution in [-0.4, -0.2) is 5.91 Å². The van der Waals surface area contributed by atoms with Crippen LogP contribution < -0.4 is 10.1 Å². The highest BCUT2D eigenvalue weighted by Crippen LogP contribution is 2.36. The second kappa shape index (κ2) is 10.8. The number of benzene rings is 4. The molecule has 7 heteroatoms. The molecule has 0 aliphatic carbocycles. The van der Waals surface area contributed by atoms with Crippen LogP contribution in [0.2, 0.25) is 10.0 Å². The third-order valence-electron chi connectivity index (χ3n) is 5.00. The maximum atomic E-state index is 12.5. The first-order valence-corrected chi connectivity index (χ1v) is 11.8. The molecule has 4 rings (SSSR count). The molecule has 0 fully saturated rings. The molecule has 0 spiro atoms. The number of carbonyl (C=O) groups excluding carboxylic acids is 1. The van der Waals surface area contributed by atoms with Crippen LogP contribution in [0.25, 0.3) is 16.8 Å². The predicted molar refractivity (Wildman–Crippen MR) is 141 cm³/mol. The number of rotatable bonds is 6. The lowest BCUT2D eigenvalue weighted by Gasteiger charge is -2.12. The van der Waals surface area contributed by atoms with Crippen LogP contribution in [0.5, 0.6) is 5.75 Å². The summed E-state index contributed by atoms with van der Waals surface area (Å²) in [7, 11) is 0. The molecule has 0 bridgehead atoms. The molecule has 0 saturated heterocycles. The number of fused-ring (bicyclic) bond motifs is 1. The molecule has 0 radical (unpaired) electrons. The Morgan fingerprint density at radius 3 is 2.44 bits per heavy atom. The van der Waals surface area contributed by atoms with Crippen LogP contribution in [0.1, 0.15) is 11.1 Å². The highest BCUT2D eigenvalue weighted by Gasteiger charge is 2.13. The van der Waals surface area contributed by atoms with Crippen LogP contribution in [0, 0.1) is 11.3 Å². The average molecular weight is 552 g/mol. The second-order valence-corrected chi connectivity index (χ2v) is 9.11. The third kappa shape index (κ3) is 5.78. The van der Waals surface area contributed by atoms with Gasteiger partial charge in [0.05, 0.1) is 9.50 Å². The standard InChI is InChI=1S/C27H17BrCl2N2O2/c28-24-13-18(12-21(15-31)27(33)32-23-9-7-22(29)8-10-23)14-25(30)26(24)34-16-17-5-6-19-3-1-2-4-20(19)11-17/h1-14H,16H2,(H,32,33)/b21-12-. The molecule has 34 heavy (non-hydrogen) atoms. The lowest BCUT2D eigenvalue weighted by Crippen LogP contribution is -2.13. The maximum Gasteiger partial charge on any atom is 0.266 e. The number of ether oxygens (including phenoxy) is 1. The maximum absolute atomic E-state index is 12.5. The topological polar surface area (TPSA) is 62.1 Å². The van der Waals surface area contributed by atoms with Crippen molar-refractivity contribution in [1.82, 2.24) is 0 Å². The molecular formula is C27H17BrCl2N2O2. The zero-order valence-electron chi connectivity index (χ0n) is 17.7. The van der Waals surface area contributed by atoms with Crippen molar-refractivity contribution in [3.05, 3.63) is 110 Å². The van der Waals surface area contributed by atoms with Gasteiger partial charge in [0, 0.05) is 10.7 Å². The molecule has 0 atom stereocenters. The van der Waals surface area contributed by atoms with E-state index in [0.29, 0.717) is 38.1 Å². The summed E-state index contributed by atoms with van der Waals surface area (Å²) < 4.78 is 6.58. The lowest BCUT2D eigenvalue weighted by atomic mass is 10.1. The van der Waals surface area contributed by atoms with Crippen molar-refractivity contribution >= 4 is 67.6 Å². The van der Waals surface area contributed by atoms with Crippen molar-refractivity contribution in [2.75, 3.05) is 5.32 Å². The Morgan fingerprint density at radius 1 is 1.00 bits per heavy atom. The highest BCUT2D eigenvalue weighted by atomic mass is 79.9. The van der Waals surface area contributed by atoms with Crippen LogP contribution >= 0.6 is 39.1 Å². The number of hydrogen-bond donors (Lipinski definition) is 1. The number of nitriles is 1. The van der Waals surface area contributed by atoms with E-state index in [1.807, 2.05) is 24.3 Å². The van der Waals surface area contributed by atoms with Gasteiger partial charge in [0.1, 0.15) is 18.2 Å². The normalized spacial score (nSPS) is 11.2. The summed E-state index contributed by atoms with van der Waals surface area (Å²) in [6.45, 7) is 0.339. The lowest BCUT2D eigenvalue weighted by molar-refractivity contribution is -0.112. The quantitative estimate of drug-likeness (QED) is 0.195. The number of carbonyl (C=O) groups is 1. The van der Waals surface area contributed by atoms with E-state index in [0.717, 1.165) is 16.3 Å². The van der Waals surface area contributed by atoms with Gasteiger partial charge in [-0.15, -0.1) is 0 Å². The predicted octanol–water partition coefficient (Wildman–Crippen LogP) is 8.03. The molecule has 0 unspecified atom stereocenters. The Hall–Kier alpha value is -3.30. The first-order chi connectivity index (χ1) is 16.4. The first-order valence-electron chi connectivity index (χ1n) is 10.2. The third-order valence-corrected chi connectivity index (χ3v) is 6.12. The minimum absolute atomic E-state index is 0.0669. The van der Waals surface area contributed by atoms with Gasteiger partial charge >= 0.3 is 0 Å². The summed E-state index contributed by atoms with van der Waals surface area (Å²) >= 11 is 15.8. The van der Waals surface area contributed by atoms with E-state index in [4.69, 9.17) is 27.9 Å². The average Bonchev–Trinajstić information content (AvgIpc) is 2.83. The smallest absolute Gasteiger partial charge is 0.266 e. The van der Waals surface area contributed by atoms with Crippen molar-refractivity contribution in [2.24, 2.45) is 0 Å². The second-order valence-electron chi connectivity index (χ2n) is 7.41. The van der Waals surface area contributed by atoms with Crippen molar-refractivity contribution in [1.29, 1.82) is 5.26 Å². The van der Waals surface area contributed by atoms with Crippen molar-refractivity contribution in [3.63, 3.8) is 0 Å². The number of nitrogens with zero attached hydrogens (tertiary/aromatic N) is 1. The molecule has 4 aromatic rings. The Morgan fingerprint density at radius 2 is 1.74 bits per heavy atom. The molecule has 168 valence electrons. The number of hydrogen-bond acceptors (Lipinski definition) is 3. The highest BCUT2D eigenvalue weighted by molar-refractivity contribution is 9.10. The van der Waals surface area contributed by atoms with Gasteiger partial charge in [0.15, 0.2) is 5.75 Å². The fourth-order valence-corrected chi connectivity index (χ4v) is 4.45. The van der Waals surface area contributed by atoms with E-state index < -0.39 is 5.91 Å². The van der Waals surface area contributed by atoms with Crippen LogP contribution in [0.3, 0.4) is 0 Å². The molecule has 0 heterocycles. The van der Waals surface area contributed by atoms with Gasteiger partial charge in [0.25, 0.3) is 5.91 Å². The van der Waals surface area contributed by atoms with Gasteiger partial charge in [-0.05, 0) is 86.4 Å². The van der Waals surface area contributed by atoms with Gasteiger partial charge in [-0.25, -0.2) is 0 Å². The van der Waals surface area contributed by atoms with E-state index >= 15 is 0 Å². The van der Waals surface area contributed by atoms with E-state index in [1.54, 1.807) is 36.4 Å². The van der Waals surface area contributed by atoms with Gasteiger partial charge in [-0.2, -0.15) is 5.26 Å². The number of halogens is 3. The molecule has 0 aliphatic heterocycles. The summed E-state index contributed by atoms with van der Waals surface area (Å²) in [6.07, 6.45) is 1.47. The summed E-state index contributed by atoms with van der Waals surface area (Å²) in [6, 6.07) is 26.2. The Bertz CT molecular complexity index is 1420. The first kappa shape index (κ1) is 23.8. The molecular weight excluding hydrogens is 535 g/mol. The fourth-order valence-electron chi connectivity index (χ4n) is 3.33. The van der Waals surface area contributed by atoms with Crippen LogP contribution in [-0.2, 0) is 11.4 Å². The number of amides is 1. The van der Waals surface area contributed by atoms with Crippen molar-refractivity contribution in [3.8, 4) is 11.8 Å². The van der Waals surface area contributed by atoms with Gasteiger partial charge in [0.2, 0.25) is 0 Å². The van der Waals surface area contributed by atoms with E-state index in [1.165, 1.54) is 6.08 Å². The zero-order chi connectivity index (χ0) is 24.1. The Labute approximate surface area is 215 Å². The molecule has 1 N–H and O–H groups in total. The molecule has 4 aromatic carbocycles. The molecule has 0 saturated carbocycles. The van der Waals surface area contributed by atoms with E-state index in [-0.39, 0.29) is 5.57 Å². The molecule has 0 aliphatic rings. The number of nitrogens with one attached hydrogen (secondary N) is 1. The van der Waals surface area contributed by atoms with Crippen molar-refractivity contribution < 1.29 is 9.53 Å². The fraction of sp³-hybridized carbons (Fsp3) is 0.0370. The van der Waals surface area contributed by atoms with Gasteiger partial charge in [-0.3, -0.25) is 4.79 Å². The summed E-state index contributed by atoms with van der Waals surface area (Å²) in [5.41, 5.74) is 2.06. The SMILES string of the molecule is N#C/C(=C/c1cc(Cl)c(OCc2ccc3ccccc3c2)c(Br)c1)C(=O)Nc1ccc(Cl)cc1. The van der Waals surface area contributed by atoms with Gasteiger partial charge < -0.3 is 10.1 Å². The van der Waals surface area contributed by atoms with E-state index in [2.05, 4.69) is 45.5 Å². The van der Waals surface area contributed by atoms with Gasteiger partial charge in [-0.1, -0.05) is 59.6 Å². The van der Waals surface area contributed by atoms with Crippen molar-refractivity contribution in [2.45, 2.75) is 6.61 Å². The monoisotopic (exact) mass is 550 g/mol.